The molecule has 0 saturated carbocycles. The number of carbonyl (C=O) groups is 1. The zero-order chi connectivity index (χ0) is 11.0. The SMILES string of the molecule is CC(C)(C)CC1NCC(C)(C)NC1=O. The Balaban J connectivity index is 2.55. The lowest BCUT2D eigenvalue weighted by atomic mass is 9.86. The van der Waals surface area contributed by atoms with Crippen LogP contribution in [0.4, 0.5) is 0 Å². The molecule has 0 aliphatic carbocycles. The van der Waals surface area contributed by atoms with Gasteiger partial charge in [0.25, 0.3) is 0 Å². The maximum atomic E-state index is 11.7. The van der Waals surface area contributed by atoms with Gasteiger partial charge in [0.2, 0.25) is 5.91 Å². The van der Waals surface area contributed by atoms with Crippen LogP contribution in [-0.4, -0.2) is 24.0 Å². The summed E-state index contributed by atoms with van der Waals surface area (Å²) in [4.78, 5) is 11.7. The van der Waals surface area contributed by atoms with Gasteiger partial charge >= 0.3 is 0 Å². The van der Waals surface area contributed by atoms with Gasteiger partial charge in [-0.15, -0.1) is 0 Å². The predicted molar refractivity (Wildman–Crippen MR) is 58.1 cm³/mol. The van der Waals surface area contributed by atoms with Crippen molar-refractivity contribution in [3.8, 4) is 0 Å². The van der Waals surface area contributed by atoms with E-state index in [9.17, 15) is 4.79 Å². The Morgan fingerprint density at radius 2 is 2.00 bits per heavy atom. The smallest absolute Gasteiger partial charge is 0.237 e. The minimum Gasteiger partial charge on any atom is -0.349 e. The largest absolute Gasteiger partial charge is 0.349 e. The molecule has 3 nitrogen and oxygen atoms in total. The summed E-state index contributed by atoms with van der Waals surface area (Å²) < 4.78 is 0. The standard InChI is InChI=1S/C11H22N2O/c1-10(2,3)6-8-9(14)13-11(4,5)7-12-8/h8,12H,6-7H2,1-5H3,(H,13,14). The summed E-state index contributed by atoms with van der Waals surface area (Å²) in [5.74, 6) is 0.135. The van der Waals surface area contributed by atoms with Gasteiger partial charge in [0.05, 0.1) is 6.04 Å². The van der Waals surface area contributed by atoms with Crippen LogP contribution >= 0.6 is 0 Å². The molecular formula is C11H22N2O. The van der Waals surface area contributed by atoms with Gasteiger partial charge in [0.15, 0.2) is 0 Å². The molecule has 82 valence electrons. The lowest BCUT2D eigenvalue weighted by Crippen LogP contribution is -2.63. The molecule has 1 saturated heterocycles. The molecule has 1 fully saturated rings. The number of hydrogen-bond acceptors (Lipinski definition) is 2. The fourth-order valence-electron chi connectivity index (χ4n) is 1.71. The normalized spacial score (nSPS) is 27.2. The molecule has 0 aromatic rings. The number of amides is 1. The highest BCUT2D eigenvalue weighted by molar-refractivity contribution is 5.83. The summed E-state index contributed by atoms with van der Waals surface area (Å²) in [5, 5.41) is 6.33. The predicted octanol–water partition coefficient (Wildman–Crippen LogP) is 1.29. The highest BCUT2D eigenvalue weighted by Crippen LogP contribution is 2.22. The Morgan fingerprint density at radius 1 is 1.43 bits per heavy atom. The summed E-state index contributed by atoms with van der Waals surface area (Å²) in [5.41, 5.74) is 0.0853. The van der Waals surface area contributed by atoms with Gasteiger partial charge in [-0.2, -0.15) is 0 Å². The summed E-state index contributed by atoms with van der Waals surface area (Å²) in [7, 11) is 0. The van der Waals surface area contributed by atoms with Crippen molar-refractivity contribution in [2.75, 3.05) is 6.54 Å². The topological polar surface area (TPSA) is 41.1 Å². The summed E-state index contributed by atoms with van der Waals surface area (Å²) in [6.45, 7) is 11.4. The molecule has 1 aliphatic heterocycles. The van der Waals surface area contributed by atoms with Crippen LogP contribution in [0.25, 0.3) is 0 Å². The van der Waals surface area contributed by atoms with Crippen molar-refractivity contribution in [1.82, 2.24) is 10.6 Å². The maximum Gasteiger partial charge on any atom is 0.237 e. The molecule has 1 unspecified atom stereocenters. The van der Waals surface area contributed by atoms with E-state index in [2.05, 4.69) is 31.4 Å². The molecule has 0 aromatic carbocycles. The summed E-state index contributed by atoms with van der Waals surface area (Å²) >= 11 is 0. The number of piperazine rings is 1. The highest BCUT2D eigenvalue weighted by atomic mass is 16.2. The second kappa shape index (κ2) is 3.54. The average Bonchev–Trinajstić information content (AvgIpc) is 1.92. The molecule has 3 heteroatoms. The molecule has 1 atom stereocenters. The van der Waals surface area contributed by atoms with E-state index >= 15 is 0 Å². The monoisotopic (exact) mass is 198 g/mol. The molecular weight excluding hydrogens is 176 g/mol. The second-order valence-corrected chi connectivity index (χ2v) is 6.07. The van der Waals surface area contributed by atoms with Crippen LogP contribution in [0, 0.1) is 5.41 Å². The third kappa shape index (κ3) is 3.29. The summed E-state index contributed by atoms with van der Waals surface area (Å²) in [6.07, 6.45) is 0.884. The zero-order valence-corrected chi connectivity index (χ0v) is 9.90. The van der Waals surface area contributed by atoms with Crippen LogP contribution in [0.2, 0.25) is 0 Å². The van der Waals surface area contributed by atoms with Crippen molar-refractivity contribution in [2.45, 2.75) is 52.6 Å². The van der Waals surface area contributed by atoms with Crippen molar-refractivity contribution in [3.63, 3.8) is 0 Å². The Hall–Kier alpha value is -0.570. The number of hydrogen-bond donors (Lipinski definition) is 2. The van der Waals surface area contributed by atoms with Gasteiger partial charge < -0.3 is 10.6 Å². The van der Waals surface area contributed by atoms with E-state index in [0.717, 1.165) is 13.0 Å². The third-order valence-corrected chi connectivity index (χ3v) is 2.38. The number of carbonyl (C=O) groups excluding carboxylic acids is 1. The van der Waals surface area contributed by atoms with E-state index < -0.39 is 0 Å². The van der Waals surface area contributed by atoms with E-state index in [1.807, 2.05) is 13.8 Å². The molecule has 0 radical (unpaired) electrons. The number of nitrogens with one attached hydrogen (secondary N) is 2. The van der Waals surface area contributed by atoms with E-state index in [1.165, 1.54) is 0 Å². The van der Waals surface area contributed by atoms with Gasteiger partial charge in [-0.1, -0.05) is 20.8 Å². The first-order valence-electron chi connectivity index (χ1n) is 5.25. The molecule has 2 N–H and O–H groups in total. The first-order chi connectivity index (χ1) is 6.20. The maximum absolute atomic E-state index is 11.7. The molecule has 0 aromatic heterocycles. The van der Waals surface area contributed by atoms with Crippen molar-refractivity contribution >= 4 is 5.91 Å². The van der Waals surface area contributed by atoms with Gasteiger partial charge in [0, 0.05) is 12.1 Å². The number of rotatable bonds is 1. The van der Waals surface area contributed by atoms with Crippen LogP contribution in [0.3, 0.4) is 0 Å². The van der Waals surface area contributed by atoms with Gasteiger partial charge in [-0.25, -0.2) is 0 Å². The zero-order valence-electron chi connectivity index (χ0n) is 9.90. The van der Waals surface area contributed by atoms with Crippen LogP contribution in [0.5, 0.6) is 0 Å². The molecule has 1 amide bonds. The first-order valence-corrected chi connectivity index (χ1v) is 5.25. The molecule has 1 aliphatic rings. The Kier molecular flexibility index (Phi) is 2.91. The Morgan fingerprint density at radius 3 is 2.43 bits per heavy atom. The Labute approximate surface area is 86.6 Å². The van der Waals surface area contributed by atoms with Gasteiger partial charge in [-0.05, 0) is 25.7 Å². The second-order valence-electron chi connectivity index (χ2n) is 6.07. The van der Waals surface area contributed by atoms with Crippen LogP contribution < -0.4 is 10.6 Å². The minimum atomic E-state index is -0.106. The molecule has 0 bridgehead atoms. The van der Waals surface area contributed by atoms with Gasteiger partial charge in [0.1, 0.15) is 0 Å². The minimum absolute atomic E-state index is 0.0250. The molecule has 0 spiro atoms. The first kappa shape index (κ1) is 11.5. The highest BCUT2D eigenvalue weighted by Gasteiger charge is 2.33. The van der Waals surface area contributed by atoms with E-state index in [0.29, 0.717) is 0 Å². The van der Waals surface area contributed by atoms with Crippen molar-refractivity contribution in [3.05, 3.63) is 0 Å². The van der Waals surface area contributed by atoms with Gasteiger partial charge in [-0.3, -0.25) is 4.79 Å². The fourth-order valence-corrected chi connectivity index (χ4v) is 1.71. The van der Waals surface area contributed by atoms with E-state index in [4.69, 9.17) is 0 Å². The Bertz CT molecular complexity index is 228. The van der Waals surface area contributed by atoms with Crippen molar-refractivity contribution < 1.29 is 4.79 Å². The summed E-state index contributed by atoms with van der Waals surface area (Å²) in [6, 6.07) is -0.0250. The average molecular weight is 198 g/mol. The molecule has 1 heterocycles. The van der Waals surface area contributed by atoms with Crippen LogP contribution in [0.15, 0.2) is 0 Å². The van der Waals surface area contributed by atoms with E-state index in [1.54, 1.807) is 0 Å². The van der Waals surface area contributed by atoms with Crippen LogP contribution in [0.1, 0.15) is 41.0 Å². The van der Waals surface area contributed by atoms with Crippen LogP contribution in [-0.2, 0) is 4.79 Å². The quantitative estimate of drug-likeness (QED) is 0.666. The molecule has 1 rings (SSSR count). The lowest BCUT2D eigenvalue weighted by Gasteiger charge is -2.38. The van der Waals surface area contributed by atoms with Crippen molar-refractivity contribution in [1.29, 1.82) is 0 Å². The van der Waals surface area contributed by atoms with Crippen molar-refractivity contribution in [2.24, 2.45) is 5.41 Å². The lowest BCUT2D eigenvalue weighted by molar-refractivity contribution is -0.127. The molecule has 14 heavy (non-hydrogen) atoms. The third-order valence-electron chi connectivity index (χ3n) is 2.38. The fraction of sp³-hybridized carbons (Fsp3) is 0.909. The van der Waals surface area contributed by atoms with E-state index in [-0.39, 0.29) is 22.9 Å².